The zero-order valence-electron chi connectivity index (χ0n) is 10.4. The third-order valence-electron chi connectivity index (χ3n) is 2.74. The summed E-state index contributed by atoms with van der Waals surface area (Å²) in [5.41, 5.74) is 2.01. The number of carboxylic acid groups (broad SMARTS) is 1. The standard InChI is InChI=1S/C15H11NO4/c17-15(18)10-7-11-5-8-12(9-6-11)13-3-1-2-4-14(13)16(19)20/h1-10H,(H,17,18)/b10-7+. The predicted octanol–water partition coefficient (Wildman–Crippen LogP) is 3.36. The van der Waals surface area contributed by atoms with E-state index in [4.69, 9.17) is 5.11 Å². The molecule has 0 saturated heterocycles. The normalized spacial score (nSPS) is 10.6. The largest absolute Gasteiger partial charge is 0.478 e. The average molecular weight is 269 g/mol. The van der Waals surface area contributed by atoms with E-state index in [1.54, 1.807) is 42.5 Å². The smallest absolute Gasteiger partial charge is 0.328 e. The molecular formula is C15H11NO4. The van der Waals surface area contributed by atoms with Crippen molar-refractivity contribution in [3.05, 3.63) is 70.3 Å². The number of nitro groups is 1. The summed E-state index contributed by atoms with van der Waals surface area (Å²) in [4.78, 5) is 21.0. The lowest BCUT2D eigenvalue weighted by molar-refractivity contribution is -0.384. The maximum atomic E-state index is 11.0. The number of nitro benzene ring substituents is 1. The van der Waals surface area contributed by atoms with E-state index in [0.717, 1.165) is 11.6 Å². The Morgan fingerprint density at radius 1 is 1.10 bits per heavy atom. The minimum atomic E-state index is -1.02. The number of rotatable bonds is 4. The lowest BCUT2D eigenvalue weighted by Crippen LogP contribution is -1.91. The quantitative estimate of drug-likeness (QED) is 0.524. The van der Waals surface area contributed by atoms with Crippen molar-refractivity contribution in [1.82, 2.24) is 0 Å². The molecule has 2 aromatic rings. The van der Waals surface area contributed by atoms with E-state index >= 15 is 0 Å². The molecule has 0 aromatic heterocycles. The molecule has 0 aliphatic rings. The molecule has 0 saturated carbocycles. The van der Waals surface area contributed by atoms with Gasteiger partial charge in [-0.1, -0.05) is 36.4 Å². The molecule has 0 heterocycles. The fraction of sp³-hybridized carbons (Fsp3) is 0. The van der Waals surface area contributed by atoms with Crippen molar-refractivity contribution < 1.29 is 14.8 Å². The Balaban J connectivity index is 2.36. The van der Waals surface area contributed by atoms with Gasteiger partial charge in [0.1, 0.15) is 0 Å². The topological polar surface area (TPSA) is 80.4 Å². The maximum absolute atomic E-state index is 11.0. The highest BCUT2D eigenvalue weighted by Crippen LogP contribution is 2.29. The molecule has 1 N–H and O–H groups in total. The molecule has 0 fully saturated rings. The van der Waals surface area contributed by atoms with Gasteiger partial charge in [0.05, 0.1) is 10.5 Å². The fourth-order valence-electron chi connectivity index (χ4n) is 1.82. The Kier molecular flexibility index (Phi) is 3.91. The molecule has 0 spiro atoms. The maximum Gasteiger partial charge on any atom is 0.328 e. The third kappa shape index (κ3) is 3.08. The Morgan fingerprint density at radius 2 is 1.75 bits per heavy atom. The van der Waals surface area contributed by atoms with Crippen molar-refractivity contribution in [3.8, 4) is 11.1 Å². The van der Waals surface area contributed by atoms with Gasteiger partial charge in [0, 0.05) is 12.1 Å². The summed E-state index contributed by atoms with van der Waals surface area (Å²) in [6, 6.07) is 13.4. The minimum absolute atomic E-state index is 0.0429. The summed E-state index contributed by atoms with van der Waals surface area (Å²) in [5, 5.41) is 19.5. The molecule has 0 bridgehead atoms. The highest BCUT2D eigenvalue weighted by Gasteiger charge is 2.13. The average Bonchev–Trinajstić information content (AvgIpc) is 2.45. The number of hydrogen-bond donors (Lipinski definition) is 1. The van der Waals surface area contributed by atoms with Crippen LogP contribution in [0.5, 0.6) is 0 Å². The van der Waals surface area contributed by atoms with Crippen LogP contribution in [0.25, 0.3) is 17.2 Å². The summed E-state index contributed by atoms with van der Waals surface area (Å²) < 4.78 is 0. The van der Waals surface area contributed by atoms with Crippen molar-refractivity contribution in [2.45, 2.75) is 0 Å². The number of aliphatic carboxylic acids is 1. The monoisotopic (exact) mass is 269 g/mol. The lowest BCUT2D eigenvalue weighted by atomic mass is 10.0. The van der Waals surface area contributed by atoms with Gasteiger partial charge in [0.25, 0.3) is 5.69 Å². The van der Waals surface area contributed by atoms with Gasteiger partial charge in [-0.05, 0) is 23.3 Å². The summed E-state index contributed by atoms with van der Waals surface area (Å²) in [6.07, 6.45) is 2.51. The van der Waals surface area contributed by atoms with Crippen LogP contribution in [-0.4, -0.2) is 16.0 Å². The van der Waals surface area contributed by atoms with Crippen LogP contribution in [-0.2, 0) is 4.79 Å². The first-order valence-corrected chi connectivity index (χ1v) is 5.83. The number of nitrogens with zero attached hydrogens (tertiary/aromatic N) is 1. The van der Waals surface area contributed by atoms with Crippen molar-refractivity contribution in [2.75, 3.05) is 0 Å². The Hall–Kier alpha value is -2.95. The Bertz CT molecular complexity index is 675. The summed E-state index contributed by atoms with van der Waals surface area (Å²) in [6.45, 7) is 0. The van der Waals surface area contributed by atoms with E-state index in [1.165, 1.54) is 12.1 Å². The van der Waals surface area contributed by atoms with Gasteiger partial charge in [-0.15, -0.1) is 0 Å². The molecule has 0 aliphatic carbocycles. The SMILES string of the molecule is O=C(O)/C=C/c1ccc(-c2ccccc2[N+](=O)[O-])cc1. The van der Waals surface area contributed by atoms with Crippen LogP contribution in [0.2, 0.25) is 0 Å². The van der Waals surface area contributed by atoms with Crippen molar-refractivity contribution >= 4 is 17.7 Å². The molecule has 0 radical (unpaired) electrons. The molecule has 0 unspecified atom stereocenters. The fourth-order valence-corrected chi connectivity index (χ4v) is 1.82. The molecular weight excluding hydrogens is 258 g/mol. The second-order valence-electron chi connectivity index (χ2n) is 4.07. The van der Waals surface area contributed by atoms with Gasteiger partial charge in [-0.25, -0.2) is 4.79 Å². The molecule has 0 amide bonds. The van der Waals surface area contributed by atoms with Crippen LogP contribution in [0.15, 0.2) is 54.6 Å². The van der Waals surface area contributed by atoms with Crippen LogP contribution in [0.1, 0.15) is 5.56 Å². The Morgan fingerprint density at radius 3 is 2.35 bits per heavy atom. The van der Waals surface area contributed by atoms with Crippen LogP contribution in [0, 0.1) is 10.1 Å². The van der Waals surface area contributed by atoms with Gasteiger partial charge in [0.15, 0.2) is 0 Å². The van der Waals surface area contributed by atoms with Crippen LogP contribution < -0.4 is 0 Å². The van der Waals surface area contributed by atoms with Crippen molar-refractivity contribution in [3.63, 3.8) is 0 Å². The van der Waals surface area contributed by atoms with E-state index < -0.39 is 10.9 Å². The van der Waals surface area contributed by atoms with E-state index in [-0.39, 0.29) is 5.69 Å². The van der Waals surface area contributed by atoms with E-state index in [1.807, 2.05) is 0 Å². The second-order valence-corrected chi connectivity index (χ2v) is 4.07. The molecule has 5 heteroatoms. The lowest BCUT2D eigenvalue weighted by Gasteiger charge is -2.03. The first-order valence-electron chi connectivity index (χ1n) is 5.83. The minimum Gasteiger partial charge on any atom is -0.478 e. The zero-order valence-corrected chi connectivity index (χ0v) is 10.4. The summed E-state index contributed by atoms with van der Waals surface area (Å²) >= 11 is 0. The Labute approximate surface area is 115 Å². The highest BCUT2D eigenvalue weighted by molar-refractivity contribution is 5.85. The van der Waals surface area contributed by atoms with Crippen LogP contribution >= 0.6 is 0 Å². The van der Waals surface area contributed by atoms with Crippen LogP contribution in [0.3, 0.4) is 0 Å². The number of hydrogen-bond acceptors (Lipinski definition) is 3. The van der Waals surface area contributed by atoms with Gasteiger partial charge >= 0.3 is 5.97 Å². The number of benzene rings is 2. The molecule has 0 atom stereocenters. The van der Waals surface area contributed by atoms with E-state index in [9.17, 15) is 14.9 Å². The predicted molar refractivity (Wildman–Crippen MR) is 75.2 cm³/mol. The molecule has 2 rings (SSSR count). The summed E-state index contributed by atoms with van der Waals surface area (Å²) in [7, 11) is 0. The molecule has 100 valence electrons. The van der Waals surface area contributed by atoms with Gasteiger partial charge in [-0.3, -0.25) is 10.1 Å². The van der Waals surface area contributed by atoms with Crippen molar-refractivity contribution in [1.29, 1.82) is 0 Å². The zero-order chi connectivity index (χ0) is 14.5. The third-order valence-corrected chi connectivity index (χ3v) is 2.74. The second kappa shape index (κ2) is 5.79. The van der Waals surface area contributed by atoms with Gasteiger partial charge in [0.2, 0.25) is 0 Å². The van der Waals surface area contributed by atoms with E-state index in [2.05, 4.69) is 0 Å². The summed E-state index contributed by atoms with van der Waals surface area (Å²) in [5.74, 6) is -1.02. The first-order chi connectivity index (χ1) is 9.58. The van der Waals surface area contributed by atoms with Crippen molar-refractivity contribution in [2.24, 2.45) is 0 Å². The number of carboxylic acids is 1. The molecule has 20 heavy (non-hydrogen) atoms. The first kappa shape index (κ1) is 13.5. The molecule has 2 aromatic carbocycles. The van der Waals surface area contributed by atoms with Crippen LogP contribution in [0.4, 0.5) is 5.69 Å². The highest BCUT2D eigenvalue weighted by atomic mass is 16.6. The van der Waals surface area contributed by atoms with Gasteiger partial charge < -0.3 is 5.11 Å². The van der Waals surface area contributed by atoms with Gasteiger partial charge in [-0.2, -0.15) is 0 Å². The molecule has 0 aliphatic heterocycles. The molecule has 5 nitrogen and oxygen atoms in total. The number of carbonyl (C=O) groups is 1. The number of para-hydroxylation sites is 1. The van der Waals surface area contributed by atoms with E-state index in [0.29, 0.717) is 11.1 Å².